The summed E-state index contributed by atoms with van der Waals surface area (Å²) in [4.78, 5) is 2.65. The lowest BCUT2D eigenvalue weighted by Gasteiger charge is -2.26. The summed E-state index contributed by atoms with van der Waals surface area (Å²) >= 11 is 3.15. The Labute approximate surface area is 126 Å². The highest BCUT2D eigenvalue weighted by molar-refractivity contribution is 9.10. The van der Waals surface area contributed by atoms with Crippen LogP contribution in [0.2, 0.25) is 0 Å². The highest BCUT2D eigenvalue weighted by atomic mass is 79.9. The van der Waals surface area contributed by atoms with Crippen LogP contribution in [0, 0.1) is 0 Å². The molecule has 0 radical (unpaired) electrons. The molecule has 1 fully saturated rings. The van der Waals surface area contributed by atoms with E-state index in [0.29, 0.717) is 38.6 Å². The summed E-state index contributed by atoms with van der Waals surface area (Å²) in [5.74, 6) is 0.570. The lowest BCUT2D eigenvalue weighted by molar-refractivity contribution is 0.0272. The van der Waals surface area contributed by atoms with E-state index in [1.807, 2.05) is 6.92 Å². The number of halogens is 1. The van der Waals surface area contributed by atoms with Gasteiger partial charge in [0.05, 0.1) is 19.8 Å². The van der Waals surface area contributed by atoms with Crippen LogP contribution in [-0.4, -0.2) is 46.3 Å². The van der Waals surface area contributed by atoms with Gasteiger partial charge in [0.15, 0.2) is 4.67 Å². The molecule has 2 heterocycles. The van der Waals surface area contributed by atoms with E-state index in [0.717, 1.165) is 6.54 Å². The molecule has 114 valence electrons. The first-order chi connectivity index (χ1) is 9.53. The fourth-order valence-corrected chi connectivity index (χ4v) is 3.91. The van der Waals surface area contributed by atoms with Crippen LogP contribution in [0.1, 0.15) is 12.7 Å². The third-order valence-electron chi connectivity index (χ3n) is 2.81. The normalized spacial score (nSPS) is 17.5. The maximum atomic E-state index is 12.3. The molecule has 0 amide bonds. The van der Waals surface area contributed by atoms with Crippen molar-refractivity contribution in [1.82, 2.24) is 15.2 Å². The van der Waals surface area contributed by atoms with Crippen LogP contribution in [0.3, 0.4) is 0 Å². The van der Waals surface area contributed by atoms with Crippen molar-refractivity contribution in [2.45, 2.75) is 18.4 Å². The lowest BCUT2D eigenvalue weighted by Crippen LogP contribution is -2.48. The smallest absolute Gasteiger partial charge is 0.257 e. The van der Waals surface area contributed by atoms with Crippen LogP contribution < -0.4 is 10.1 Å². The van der Waals surface area contributed by atoms with Crippen molar-refractivity contribution >= 4 is 26.0 Å². The second-order valence-electron chi connectivity index (χ2n) is 4.33. The van der Waals surface area contributed by atoms with Gasteiger partial charge in [-0.2, -0.15) is 0 Å². The predicted octanol–water partition coefficient (Wildman–Crippen LogP) is 0.677. The first-order valence-electron chi connectivity index (χ1n) is 6.37. The number of hydrogen-bond donors (Lipinski definition) is 2. The van der Waals surface area contributed by atoms with Gasteiger partial charge >= 0.3 is 0 Å². The molecule has 0 spiro atoms. The molecule has 20 heavy (non-hydrogen) atoms. The molecule has 2 rings (SSSR count). The van der Waals surface area contributed by atoms with Gasteiger partial charge in [-0.25, -0.2) is 13.4 Å². The second-order valence-corrected chi connectivity index (χ2v) is 6.67. The molecule has 0 atom stereocenters. The topological polar surface area (TPSA) is 83.8 Å². The summed E-state index contributed by atoms with van der Waals surface area (Å²) in [6.45, 7) is 5.32. The number of morpholine rings is 1. The number of nitrogens with zero attached hydrogens (tertiary/aromatic N) is 1. The lowest BCUT2D eigenvalue weighted by atomic mass is 10.4. The quantitative estimate of drug-likeness (QED) is 0.768. The van der Waals surface area contributed by atoms with E-state index in [-0.39, 0.29) is 9.56 Å². The zero-order valence-electron chi connectivity index (χ0n) is 11.2. The highest BCUT2D eigenvalue weighted by Crippen LogP contribution is 2.26. The summed E-state index contributed by atoms with van der Waals surface area (Å²) in [5, 5.41) is 4.71. The third-order valence-corrected chi connectivity index (χ3v) is 5.04. The van der Waals surface area contributed by atoms with E-state index in [4.69, 9.17) is 9.15 Å². The number of sulfonamides is 1. The van der Waals surface area contributed by atoms with Crippen molar-refractivity contribution < 1.29 is 17.6 Å². The molecule has 1 aromatic rings. The van der Waals surface area contributed by atoms with Gasteiger partial charge in [-0.3, -0.25) is 0 Å². The molecular formula is C11H18BrN3O4S. The Hall–Kier alpha value is -0.450. The summed E-state index contributed by atoms with van der Waals surface area (Å²) in [6.07, 6.45) is 0. The summed E-state index contributed by atoms with van der Waals surface area (Å²) in [6, 6.07) is 1.52. The monoisotopic (exact) mass is 367 g/mol. The Kier molecular flexibility index (Phi) is 5.58. The largest absolute Gasteiger partial charge is 0.452 e. The van der Waals surface area contributed by atoms with Gasteiger partial charge in [0, 0.05) is 19.2 Å². The maximum Gasteiger partial charge on any atom is 0.257 e. The summed E-state index contributed by atoms with van der Waals surface area (Å²) in [5.41, 5.74) is 0. The first-order valence-corrected chi connectivity index (χ1v) is 8.64. The first kappa shape index (κ1) is 15.9. The van der Waals surface area contributed by atoms with Gasteiger partial charge in [-0.15, -0.1) is 4.83 Å². The molecule has 0 bridgehead atoms. The Morgan fingerprint density at radius 1 is 1.40 bits per heavy atom. The summed E-state index contributed by atoms with van der Waals surface area (Å²) in [7, 11) is -3.64. The Morgan fingerprint density at radius 2 is 2.10 bits per heavy atom. The van der Waals surface area contributed by atoms with Gasteiger partial charge in [-0.05, 0) is 22.5 Å². The van der Waals surface area contributed by atoms with E-state index >= 15 is 0 Å². The molecule has 1 aliphatic rings. The standard InChI is InChI=1S/C11H18BrN3O4S/c1-2-13-8-9-7-10(11(12)19-9)20(16,17)14-15-3-5-18-6-4-15/h7,13-14H,2-6,8H2,1H3. The molecule has 0 aromatic carbocycles. The predicted molar refractivity (Wildman–Crippen MR) is 76.5 cm³/mol. The Morgan fingerprint density at radius 3 is 2.75 bits per heavy atom. The number of furan rings is 1. The van der Waals surface area contributed by atoms with Crippen molar-refractivity contribution in [3.05, 3.63) is 16.5 Å². The SMILES string of the molecule is CCNCc1cc(S(=O)(=O)NN2CCOCC2)c(Br)o1. The van der Waals surface area contributed by atoms with E-state index in [1.165, 1.54) is 6.07 Å². The van der Waals surface area contributed by atoms with Crippen LogP contribution in [-0.2, 0) is 21.3 Å². The van der Waals surface area contributed by atoms with Gasteiger partial charge in [0.1, 0.15) is 10.7 Å². The maximum absolute atomic E-state index is 12.3. The van der Waals surface area contributed by atoms with Gasteiger partial charge in [-0.1, -0.05) is 6.92 Å². The molecule has 0 aliphatic carbocycles. The molecule has 1 aliphatic heterocycles. The van der Waals surface area contributed by atoms with E-state index in [2.05, 4.69) is 26.1 Å². The molecule has 0 saturated carbocycles. The second kappa shape index (κ2) is 7.01. The molecule has 9 heteroatoms. The number of ether oxygens (including phenoxy) is 1. The van der Waals surface area contributed by atoms with E-state index < -0.39 is 10.0 Å². The zero-order valence-corrected chi connectivity index (χ0v) is 13.6. The Bertz CT molecular complexity index is 540. The fraction of sp³-hybridized carbons (Fsp3) is 0.636. The minimum Gasteiger partial charge on any atom is -0.452 e. The Balaban J connectivity index is 2.09. The van der Waals surface area contributed by atoms with Crippen LogP contribution in [0.4, 0.5) is 0 Å². The molecule has 1 saturated heterocycles. The molecule has 2 N–H and O–H groups in total. The van der Waals surface area contributed by atoms with Crippen molar-refractivity contribution in [3.63, 3.8) is 0 Å². The van der Waals surface area contributed by atoms with Gasteiger partial charge < -0.3 is 14.5 Å². The summed E-state index contributed by atoms with van der Waals surface area (Å²) < 4.78 is 35.4. The van der Waals surface area contributed by atoms with Crippen molar-refractivity contribution in [2.75, 3.05) is 32.8 Å². The molecular weight excluding hydrogens is 350 g/mol. The fourth-order valence-electron chi connectivity index (χ4n) is 1.79. The van der Waals surface area contributed by atoms with Crippen LogP contribution in [0.15, 0.2) is 20.0 Å². The number of nitrogens with one attached hydrogen (secondary N) is 2. The minimum absolute atomic E-state index is 0.108. The number of hydrazine groups is 1. The van der Waals surface area contributed by atoms with Crippen LogP contribution in [0.5, 0.6) is 0 Å². The third kappa shape index (κ3) is 4.03. The zero-order chi connectivity index (χ0) is 14.6. The van der Waals surface area contributed by atoms with E-state index in [1.54, 1.807) is 5.01 Å². The number of rotatable bonds is 6. The van der Waals surface area contributed by atoms with Crippen molar-refractivity contribution in [1.29, 1.82) is 0 Å². The minimum atomic E-state index is -3.64. The van der Waals surface area contributed by atoms with Crippen molar-refractivity contribution in [3.8, 4) is 0 Å². The average molecular weight is 368 g/mol. The molecule has 1 aromatic heterocycles. The van der Waals surface area contributed by atoms with Gasteiger partial charge in [0.25, 0.3) is 10.0 Å². The highest BCUT2D eigenvalue weighted by Gasteiger charge is 2.25. The van der Waals surface area contributed by atoms with Crippen LogP contribution in [0.25, 0.3) is 0 Å². The van der Waals surface area contributed by atoms with E-state index in [9.17, 15) is 8.42 Å². The number of hydrogen-bond acceptors (Lipinski definition) is 6. The molecule has 0 unspecified atom stereocenters. The van der Waals surface area contributed by atoms with Crippen molar-refractivity contribution in [2.24, 2.45) is 0 Å². The van der Waals surface area contributed by atoms with Gasteiger partial charge in [0.2, 0.25) is 0 Å². The average Bonchev–Trinajstić information content (AvgIpc) is 2.79. The molecule has 7 nitrogen and oxygen atoms in total. The van der Waals surface area contributed by atoms with Crippen LogP contribution >= 0.6 is 15.9 Å².